The molecule has 0 saturated carbocycles. The molecule has 4 rings (SSSR count). The predicted molar refractivity (Wildman–Crippen MR) is 115 cm³/mol. The molecule has 2 aromatic carbocycles. The second-order valence-electron chi connectivity index (χ2n) is 6.05. The lowest BCUT2D eigenvalue weighted by atomic mass is 10.0. The molecule has 130 valence electrons. The lowest BCUT2D eigenvalue weighted by Crippen LogP contribution is -2.22. The fourth-order valence-corrected chi connectivity index (χ4v) is 4.18. The maximum Gasteiger partial charge on any atom is 0.284 e. The van der Waals surface area contributed by atoms with E-state index in [0.29, 0.717) is 16.4 Å². The summed E-state index contributed by atoms with van der Waals surface area (Å²) in [6.07, 6.45) is 1.81. The molecule has 0 N–H and O–H groups in total. The maximum atomic E-state index is 13.1. The topological polar surface area (TPSA) is 48.8 Å². The van der Waals surface area contributed by atoms with Crippen LogP contribution in [0.2, 0.25) is 0 Å². The van der Waals surface area contributed by atoms with Crippen molar-refractivity contribution in [2.24, 2.45) is 5.10 Å². The molecule has 1 aromatic heterocycles. The van der Waals surface area contributed by atoms with Crippen molar-refractivity contribution in [2.45, 2.75) is 0 Å². The lowest BCUT2D eigenvalue weighted by Gasteiger charge is -2.09. The van der Waals surface area contributed by atoms with Gasteiger partial charge in [0.1, 0.15) is 5.71 Å². The van der Waals surface area contributed by atoms with Gasteiger partial charge < -0.3 is 4.90 Å². The van der Waals surface area contributed by atoms with Gasteiger partial charge in [-0.15, -0.1) is 0 Å². The van der Waals surface area contributed by atoms with Crippen molar-refractivity contribution in [1.29, 1.82) is 0 Å². The van der Waals surface area contributed by atoms with E-state index in [0.717, 1.165) is 19.4 Å². The molecule has 0 aliphatic carbocycles. The van der Waals surface area contributed by atoms with Crippen LogP contribution in [-0.4, -0.2) is 35.6 Å². The van der Waals surface area contributed by atoms with Gasteiger partial charge in [-0.2, -0.15) is 10.1 Å². The number of para-hydroxylation sites is 1. The highest BCUT2D eigenvalue weighted by Crippen LogP contribution is 2.33. The number of thiazole rings is 1. The standard InChI is InChI=1S/C19H15IN4OS/c1-23(2)11-14-17(12-6-5-7-13(20)10-12)22-24(18(14)25)19-21-15-8-3-4-9-16(15)26-19/h3-11H,1-2H3/b14-11+. The number of hydrogen-bond donors (Lipinski definition) is 0. The number of hydrazone groups is 1. The number of benzene rings is 2. The van der Waals surface area contributed by atoms with Crippen LogP contribution in [0.15, 0.2) is 65.4 Å². The molecule has 0 spiro atoms. The molecule has 1 amide bonds. The molecular weight excluding hydrogens is 459 g/mol. The Hall–Kier alpha value is -2.26. The Bertz CT molecular complexity index is 1040. The minimum Gasteiger partial charge on any atom is -0.383 e. The number of hydrogen-bond acceptors (Lipinski definition) is 5. The largest absolute Gasteiger partial charge is 0.383 e. The third-order valence-electron chi connectivity index (χ3n) is 3.83. The van der Waals surface area contributed by atoms with Gasteiger partial charge in [-0.3, -0.25) is 4.79 Å². The Labute approximate surface area is 168 Å². The zero-order valence-electron chi connectivity index (χ0n) is 14.2. The first kappa shape index (κ1) is 17.2. The fourth-order valence-electron chi connectivity index (χ4n) is 2.72. The molecular formula is C19H15IN4OS. The Morgan fingerprint density at radius 3 is 2.69 bits per heavy atom. The second-order valence-corrected chi connectivity index (χ2v) is 8.30. The third-order valence-corrected chi connectivity index (χ3v) is 5.51. The molecule has 0 unspecified atom stereocenters. The van der Waals surface area contributed by atoms with E-state index >= 15 is 0 Å². The summed E-state index contributed by atoms with van der Waals surface area (Å²) in [5, 5.41) is 6.63. The summed E-state index contributed by atoms with van der Waals surface area (Å²) in [6.45, 7) is 0. The normalized spacial score (nSPS) is 15.8. The van der Waals surface area contributed by atoms with E-state index in [1.54, 1.807) is 0 Å². The average molecular weight is 474 g/mol. The molecule has 5 nitrogen and oxygen atoms in total. The molecule has 0 fully saturated rings. The summed E-state index contributed by atoms with van der Waals surface area (Å²) < 4.78 is 2.13. The molecule has 7 heteroatoms. The van der Waals surface area contributed by atoms with Crippen LogP contribution in [-0.2, 0) is 4.79 Å². The first-order chi connectivity index (χ1) is 12.5. The van der Waals surface area contributed by atoms with Crippen LogP contribution in [0.4, 0.5) is 5.13 Å². The number of carbonyl (C=O) groups is 1. The first-order valence-electron chi connectivity index (χ1n) is 7.96. The van der Waals surface area contributed by atoms with Gasteiger partial charge >= 0.3 is 0 Å². The van der Waals surface area contributed by atoms with Crippen molar-refractivity contribution in [3.63, 3.8) is 0 Å². The lowest BCUT2D eigenvalue weighted by molar-refractivity contribution is -0.114. The Kier molecular flexibility index (Phi) is 4.49. The van der Waals surface area contributed by atoms with Gasteiger partial charge in [0.15, 0.2) is 0 Å². The van der Waals surface area contributed by atoms with E-state index in [9.17, 15) is 4.79 Å². The number of fused-ring (bicyclic) bond motifs is 1. The zero-order chi connectivity index (χ0) is 18.3. The van der Waals surface area contributed by atoms with Gasteiger partial charge in [0.25, 0.3) is 5.91 Å². The number of halogens is 1. The molecule has 1 aliphatic heterocycles. The highest BCUT2D eigenvalue weighted by Gasteiger charge is 2.34. The van der Waals surface area contributed by atoms with E-state index in [4.69, 9.17) is 0 Å². The summed E-state index contributed by atoms with van der Waals surface area (Å²) in [5.74, 6) is -0.161. The molecule has 26 heavy (non-hydrogen) atoms. The number of amides is 1. The average Bonchev–Trinajstić information content (AvgIpc) is 3.16. The molecule has 0 radical (unpaired) electrons. The Morgan fingerprint density at radius 1 is 1.15 bits per heavy atom. The molecule has 3 aromatic rings. The summed E-state index contributed by atoms with van der Waals surface area (Å²) in [6, 6.07) is 15.8. The van der Waals surface area contributed by atoms with E-state index in [2.05, 4.69) is 32.7 Å². The van der Waals surface area contributed by atoms with Gasteiger partial charge in [-0.05, 0) is 46.9 Å². The quantitative estimate of drug-likeness (QED) is 0.425. The third kappa shape index (κ3) is 3.12. The van der Waals surface area contributed by atoms with E-state index in [1.807, 2.05) is 73.7 Å². The van der Waals surface area contributed by atoms with Gasteiger partial charge in [-0.25, -0.2) is 4.98 Å². The highest BCUT2D eigenvalue weighted by molar-refractivity contribution is 14.1. The SMILES string of the molecule is CN(C)/C=C1/C(=O)N(c2nc3ccccc3s2)N=C1c1cccc(I)c1. The Balaban J connectivity index is 1.84. The molecule has 2 heterocycles. The summed E-state index contributed by atoms with van der Waals surface area (Å²) in [4.78, 5) is 19.5. The fraction of sp³-hybridized carbons (Fsp3) is 0.105. The number of nitrogens with zero attached hydrogens (tertiary/aromatic N) is 4. The van der Waals surface area contributed by atoms with E-state index in [1.165, 1.54) is 16.3 Å². The van der Waals surface area contributed by atoms with Gasteiger partial charge in [0.2, 0.25) is 5.13 Å². The molecule has 0 atom stereocenters. The molecule has 0 saturated heterocycles. The van der Waals surface area contributed by atoms with Crippen molar-refractivity contribution in [3.05, 3.63) is 69.4 Å². The monoisotopic (exact) mass is 474 g/mol. The number of anilines is 1. The predicted octanol–water partition coefficient (Wildman–Crippen LogP) is 4.10. The van der Waals surface area contributed by atoms with Gasteiger partial charge in [0.05, 0.1) is 15.8 Å². The smallest absolute Gasteiger partial charge is 0.284 e. The zero-order valence-corrected chi connectivity index (χ0v) is 17.2. The molecule has 1 aliphatic rings. The highest BCUT2D eigenvalue weighted by atomic mass is 127. The van der Waals surface area contributed by atoms with Crippen molar-refractivity contribution < 1.29 is 4.79 Å². The number of aromatic nitrogens is 1. The minimum absolute atomic E-state index is 0.161. The van der Waals surface area contributed by atoms with Crippen LogP contribution in [0, 0.1) is 3.57 Å². The van der Waals surface area contributed by atoms with Crippen LogP contribution in [0.25, 0.3) is 10.2 Å². The van der Waals surface area contributed by atoms with Crippen molar-refractivity contribution >= 4 is 60.9 Å². The maximum absolute atomic E-state index is 13.1. The molecule has 0 bridgehead atoms. The van der Waals surface area contributed by atoms with E-state index in [-0.39, 0.29) is 5.91 Å². The minimum atomic E-state index is -0.161. The van der Waals surface area contributed by atoms with E-state index < -0.39 is 0 Å². The number of rotatable bonds is 3. The van der Waals surface area contributed by atoms with Crippen LogP contribution in [0.3, 0.4) is 0 Å². The van der Waals surface area contributed by atoms with Gasteiger partial charge in [-0.1, -0.05) is 35.6 Å². The van der Waals surface area contributed by atoms with Crippen LogP contribution in [0.1, 0.15) is 5.56 Å². The van der Waals surface area contributed by atoms with Crippen molar-refractivity contribution in [3.8, 4) is 0 Å². The van der Waals surface area contributed by atoms with Crippen molar-refractivity contribution in [2.75, 3.05) is 19.1 Å². The summed E-state index contributed by atoms with van der Waals surface area (Å²) in [5.41, 5.74) is 3.02. The van der Waals surface area contributed by atoms with Crippen LogP contribution < -0.4 is 5.01 Å². The second kappa shape index (κ2) is 6.81. The van der Waals surface area contributed by atoms with Crippen LogP contribution >= 0.6 is 33.9 Å². The van der Waals surface area contributed by atoms with Crippen molar-refractivity contribution in [1.82, 2.24) is 9.88 Å². The summed E-state index contributed by atoms with van der Waals surface area (Å²) >= 11 is 3.73. The summed E-state index contributed by atoms with van der Waals surface area (Å²) in [7, 11) is 3.79. The van der Waals surface area contributed by atoms with Crippen LogP contribution in [0.5, 0.6) is 0 Å². The van der Waals surface area contributed by atoms with Gasteiger partial charge in [0, 0.05) is 29.4 Å². The number of carbonyl (C=O) groups excluding carboxylic acids is 1. The Morgan fingerprint density at radius 2 is 1.96 bits per heavy atom. The first-order valence-corrected chi connectivity index (χ1v) is 9.85.